The molecule has 2 heterocycles. The van der Waals surface area contributed by atoms with Crippen LogP contribution in [0.2, 0.25) is 0 Å². The molecule has 0 saturated heterocycles. The summed E-state index contributed by atoms with van der Waals surface area (Å²) in [5.41, 5.74) is 1.67. The zero-order valence-electron chi connectivity index (χ0n) is 7.03. The molecule has 1 aromatic heterocycles. The fraction of sp³-hybridized carbons (Fsp3) is 0.250. The van der Waals surface area contributed by atoms with Gasteiger partial charge in [-0.25, -0.2) is 5.84 Å². The minimum Gasteiger partial charge on any atom is -0.276 e. The number of hydrogen-bond acceptors (Lipinski definition) is 3. The predicted octanol–water partition coefficient (Wildman–Crippen LogP) is -0.546. The van der Waals surface area contributed by atoms with E-state index in [0.717, 1.165) is 17.3 Å². The zero-order valence-corrected chi connectivity index (χ0v) is 8.18. The molecule has 5 heteroatoms. The summed E-state index contributed by atoms with van der Waals surface area (Å²) in [6, 6.07) is 0. The molecule has 2 N–H and O–H groups in total. The Bertz CT molecular complexity index is 366. The maximum Gasteiger partial charge on any atom is 0.268 e. The van der Waals surface area contributed by atoms with E-state index in [0.29, 0.717) is 12.1 Å². The first-order valence-corrected chi connectivity index (χ1v) is 4.57. The number of hydrogen-bond donors (Lipinski definition) is 1. The number of carbonyl (C=O) groups excluding carboxylic acids is 1. The molecule has 13 heavy (non-hydrogen) atoms. The maximum absolute atomic E-state index is 11.6. The van der Waals surface area contributed by atoms with Crippen molar-refractivity contribution in [3.8, 4) is 0 Å². The number of hydrazine groups is 1. The molecule has 0 radical (unpaired) electrons. The van der Waals surface area contributed by atoms with Crippen LogP contribution in [-0.4, -0.2) is 22.4 Å². The molecule has 4 nitrogen and oxygen atoms in total. The van der Waals surface area contributed by atoms with E-state index < -0.39 is 0 Å². The SMILES string of the molecule is NN1CCc2cncc(P)c2C1=O. The molecule has 1 unspecified atom stereocenters. The number of nitrogens with zero attached hydrogens (tertiary/aromatic N) is 2. The van der Waals surface area contributed by atoms with Crippen LogP contribution in [0, 0.1) is 0 Å². The number of amides is 1. The third kappa shape index (κ3) is 1.32. The largest absolute Gasteiger partial charge is 0.276 e. The van der Waals surface area contributed by atoms with Gasteiger partial charge in [0.15, 0.2) is 0 Å². The molecule has 1 aliphatic heterocycles. The van der Waals surface area contributed by atoms with Gasteiger partial charge in [0.1, 0.15) is 0 Å². The highest BCUT2D eigenvalue weighted by atomic mass is 31.0. The van der Waals surface area contributed by atoms with Crippen LogP contribution in [0.25, 0.3) is 0 Å². The molecule has 68 valence electrons. The quantitative estimate of drug-likeness (QED) is 0.343. The van der Waals surface area contributed by atoms with E-state index >= 15 is 0 Å². The molecule has 0 bridgehead atoms. The Hall–Kier alpha value is -0.990. The third-order valence-electron chi connectivity index (χ3n) is 2.15. The Kier molecular flexibility index (Phi) is 2.02. The standard InChI is InChI=1S/C8H10N3OP/c9-11-2-1-5-3-10-4-6(13)7(5)8(11)12/h3-4H,1-2,9,13H2. The lowest BCUT2D eigenvalue weighted by atomic mass is 10.0. The molecule has 2 rings (SSSR count). The predicted molar refractivity (Wildman–Crippen MR) is 52.5 cm³/mol. The summed E-state index contributed by atoms with van der Waals surface area (Å²) in [6.45, 7) is 0.571. The molecule has 0 aromatic carbocycles. The topological polar surface area (TPSA) is 59.2 Å². The molecular weight excluding hydrogens is 185 g/mol. The Labute approximate surface area is 78.3 Å². The fourth-order valence-electron chi connectivity index (χ4n) is 1.46. The van der Waals surface area contributed by atoms with Gasteiger partial charge in [-0.3, -0.25) is 14.8 Å². The van der Waals surface area contributed by atoms with Crippen molar-refractivity contribution < 1.29 is 4.79 Å². The van der Waals surface area contributed by atoms with E-state index in [1.165, 1.54) is 5.01 Å². The summed E-state index contributed by atoms with van der Waals surface area (Å²) in [4.78, 5) is 15.6. The van der Waals surface area contributed by atoms with Crippen LogP contribution in [0.15, 0.2) is 12.4 Å². The summed E-state index contributed by atoms with van der Waals surface area (Å²) < 4.78 is 0. The van der Waals surface area contributed by atoms with Gasteiger partial charge in [0, 0.05) is 24.2 Å². The minimum absolute atomic E-state index is 0.117. The van der Waals surface area contributed by atoms with E-state index in [1.807, 2.05) is 0 Å². The Morgan fingerprint density at radius 1 is 1.54 bits per heavy atom. The molecule has 0 spiro atoms. The van der Waals surface area contributed by atoms with E-state index in [2.05, 4.69) is 14.2 Å². The highest BCUT2D eigenvalue weighted by Crippen LogP contribution is 2.15. The maximum atomic E-state index is 11.6. The normalized spacial score (nSPS) is 15.8. The first-order chi connectivity index (χ1) is 6.20. The van der Waals surface area contributed by atoms with Crippen LogP contribution in [0.1, 0.15) is 15.9 Å². The van der Waals surface area contributed by atoms with E-state index in [1.54, 1.807) is 12.4 Å². The highest BCUT2D eigenvalue weighted by molar-refractivity contribution is 7.27. The summed E-state index contributed by atoms with van der Waals surface area (Å²) in [5, 5.41) is 2.06. The number of aromatic nitrogens is 1. The summed E-state index contributed by atoms with van der Waals surface area (Å²) in [5.74, 6) is 5.40. The highest BCUT2D eigenvalue weighted by Gasteiger charge is 2.23. The average Bonchev–Trinajstić information content (AvgIpc) is 2.12. The summed E-state index contributed by atoms with van der Waals surface area (Å²) in [7, 11) is 2.50. The van der Waals surface area contributed by atoms with Gasteiger partial charge in [-0.1, -0.05) is 0 Å². The van der Waals surface area contributed by atoms with Gasteiger partial charge in [-0.2, -0.15) is 0 Å². The Morgan fingerprint density at radius 3 is 3.08 bits per heavy atom. The fourth-order valence-corrected chi connectivity index (χ4v) is 1.85. The minimum atomic E-state index is -0.117. The van der Waals surface area contributed by atoms with Crippen molar-refractivity contribution in [2.24, 2.45) is 5.84 Å². The number of rotatable bonds is 0. The lowest BCUT2D eigenvalue weighted by Gasteiger charge is -2.24. The van der Waals surface area contributed by atoms with Gasteiger partial charge in [0.05, 0.1) is 5.56 Å². The number of fused-ring (bicyclic) bond motifs is 1. The smallest absolute Gasteiger partial charge is 0.268 e. The van der Waals surface area contributed by atoms with Gasteiger partial charge in [0.2, 0.25) is 0 Å². The van der Waals surface area contributed by atoms with Crippen LogP contribution in [0.3, 0.4) is 0 Å². The molecule has 0 saturated carbocycles. The van der Waals surface area contributed by atoms with Crippen molar-refractivity contribution in [2.45, 2.75) is 6.42 Å². The van der Waals surface area contributed by atoms with Crippen molar-refractivity contribution in [1.82, 2.24) is 9.99 Å². The first-order valence-electron chi connectivity index (χ1n) is 3.99. The second kappa shape index (κ2) is 3.05. The van der Waals surface area contributed by atoms with E-state index in [9.17, 15) is 4.79 Å². The van der Waals surface area contributed by atoms with Gasteiger partial charge >= 0.3 is 0 Å². The van der Waals surface area contributed by atoms with Crippen LogP contribution in [-0.2, 0) is 6.42 Å². The zero-order chi connectivity index (χ0) is 9.42. The second-order valence-electron chi connectivity index (χ2n) is 3.01. The van der Waals surface area contributed by atoms with Gasteiger partial charge in [0.25, 0.3) is 5.91 Å². The average molecular weight is 195 g/mol. The number of pyridine rings is 1. The van der Waals surface area contributed by atoms with Crippen LogP contribution in [0.5, 0.6) is 0 Å². The monoisotopic (exact) mass is 195 g/mol. The molecule has 1 aromatic rings. The molecule has 0 aliphatic carbocycles. The van der Waals surface area contributed by atoms with Gasteiger partial charge < -0.3 is 0 Å². The van der Waals surface area contributed by atoms with Crippen molar-refractivity contribution in [3.63, 3.8) is 0 Å². The molecule has 1 amide bonds. The first kappa shape index (κ1) is 8.60. The lowest BCUT2D eigenvalue weighted by Crippen LogP contribution is -2.44. The Balaban J connectivity index is 2.57. The molecular formula is C8H10N3OP. The van der Waals surface area contributed by atoms with Crippen molar-refractivity contribution in [3.05, 3.63) is 23.5 Å². The van der Waals surface area contributed by atoms with Crippen molar-refractivity contribution in [1.29, 1.82) is 0 Å². The van der Waals surface area contributed by atoms with Crippen LogP contribution in [0.4, 0.5) is 0 Å². The van der Waals surface area contributed by atoms with Crippen molar-refractivity contribution in [2.75, 3.05) is 6.54 Å². The second-order valence-corrected chi connectivity index (χ2v) is 3.63. The summed E-state index contributed by atoms with van der Waals surface area (Å²) in [6.07, 6.45) is 4.17. The molecule has 0 fully saturated rings. The molecule has 1 aliphatic rings. The lowest BCUT2D eigenvalue weighted by molar-refractivity contribution is 0.0741. The Morgan fingerprint density at radius 2 is 2.31 bits per heavy atom. The van der Waals surface area contributed by atoms with E-state index in [4.69, 9.17) is 5.84 Å². The third-order valence-corrected chi connectivity index (χ3v) is 2.59. The van der Waals surface area contributed by atoms with Gasteiger partial charge in [-0.05, 0) is 12.0 Å². The van der Waals surface area contributed by atoms with Gasteiger partial charge in [-0.15, -0.1) is 9.24 Å². The van der Waals surface area contributed by atoms with Crippen LogP contribution < -0.4 is 11.1 Å². The number of nitrogens with two attached hydrogens (primary N) is 1. The van der Waals surface area contributed by atoms with Crippen LogP contribution >= 0.6 is 9.24 Å². The van der Waals surface area contributed by atoms with Crippen molar-refractivity contribution >= 4 is 20.5 Å². The summed E-state index contributed by atoms with van der Waals surface area (Å²) >= 11 is 0. The molecule has 1 atom stereocenters. The number of carbonyl (C=O) groups is 1. The van der Waals surface area contributed by atoms with E-state index in [-0.39, 0.29) is 5.91 Å².